The van der Waals surface area contributed by atoms with Crippen LogP contribution in [0.5, 0.6) is 0 Å². The van der Waals surface area contributed by atoms with Crippen LogP contribution in [0.15, 0.2) is 0 Å². The highest BCUT2D eigenvalue weighted by atomic mass is 14.1. The lowest BCUT2D eigenvalue weighted by molar-refractivity contribution is 0.346. The van der Waals surface area contributed by atoms with Crippen LogP contribution in [0.4, 0.5) is 0 Å². The van der Waals surface area contributed by atoms with Crippen LogP contribution in [0, 0.1) is 11.8 Å². The molecule has 0 fully saturated rings. The summed E-state index contributed by atoms with van der Waals surface area (Å²) in [7, 11) is 1.35. The second kappa shape index (κ2) is 7.70. The summed E-state index contributed by atoms with van der Waals surface area (Å²) >= 11 is 0. The summed E-state index contributed by atoms with van der Waals surface area (Å²) in [4.78, 5) is 0. The largest absolute Gasteiger partial charge is 0.117 e. The Morgan fingerprint density at radius 1 is 1.08 bits per heavy atom. The molecule has 0 aliphatic heterocycles. The molecule has 0 saturated carbocycles. The molecule has 0 aliphatic rings. The highest BCUT2D eigenvalue weighted by Crippen LogP contribution is 2.21. The van der Waals surface area contributed by atoms with Gasteiger partial charge < -0.3 is 0 Å². The van der Waals surface area contributed by atoms with Gasteiger partial charge in [-0.1, -0.05) is 59.6 Å². The van der Waals surface area contributed by atoms with Crippen molar-refractivity contribution < 1.29 is 0 Å². The van der Waals surface area contributed by atoms with Gasteiger partial charge in [-0.15, -0.1) is 0 Å². The van der Waals surface area contributed by atoms with Crippen LogP contribution in [-0.2, 0) is 0 Å². The SMILES string of the molecule is CBCCC(C)C(C)CCCC. The zero-order valence-electron chi connectivity index (χ0n) is 9.40. The van der Waals surface area contributed by atoms with Gasteiger partial charge >= 0.3 is 0 Å². The standard InChI is InChI=1S/C11H25B/c1-5-6-7-10(2)11(3)8-9-12-4/h10-12H,5-9H2,1-4H3. The fourth-order valence-corrected chi connectivity index (χ4v) is 1.62. The minimum Gasteiger partial charge on any atom is -0.0893 e. The zero-order chi connectivity index (χ0) is 9.40. The van der Waals surface area contributed by atoms with Gasteiger partial charge in [0.15, 0.2) is 0 Å². The molecule has 72 valence electrons. The topological polar surface area (TPSA) is 0 Å². The highest BCUT2D eigenvalue weighted by Gasteiger charge is 2.10. The van der Waals surface area contributed by atoms with Crippen molar-refractivity contribution in [3.63, 3.8) is 0 Å². The van der Waals surface area contributed by atoms with Crippen molar-refractivity contribution in [2.24, 2.45) is 11.8 Å². The van der Waals surface area contributed by atoms with E-state index in [1.54, 1.807) is 0 Å². The maximum atomic E-state index is 2.41. The molecule has 1 heteroatoms. The van der Waals surface area contributed by atoms with Crippen LogP contribution in [0.1, 0.15) is 46.5 Å². The van der Waals surface area contributed by atoms with Crippen LogP contribution in [0.3, 0.4) is 0 Å². The molecule has 0 spiro atoms. The van der Waals surface area contributed by atoms with E-state index in [4.69, 9.17) is 0 Å². The first kappa shape index (κ1) is 12.1. The first-order valence-electron chi connectivity index (χ1n) is 5.72. The van der Waals surface area contributed by atoms with Gasteiger partial charge in [0.1, 0.15) is 7.28 Å². The van der Waals surface area contributed by atoms with Crippen molar-refractivity contribution in [1.29, 1.82) is 0 Å². The molecule has 2 unspecified atom stereocenters. The Labute approximate surface area is 79.4 Å². The maximum Gasteiger partial charge on any atom is 0.117 e. The number of unbranched alkanes of at least 4 members (excludes halogenated alkanes) is 1. The minimum absolute atomic E-state index is 0.941. The molecule has 0 aromatic carbocycles. The van der Waals surface area contributed by atoms with Crippen LogP contribution in [0.2, 0.25) is 13.1 Å². The van der Waals surface area contributed by atoms with Crippen LogP contribution in [-0.4, -0.2) is 7.28 Å². The Kier molecular flexibility index (Phi) is 7.74. The van der Waals surface area contributed by atoms with Crippen LogP contribution < -0.4 is 0 Å². The molecule has 0 N–H and O–H groups in total. The van der Waals surface area contributed by atoms with Crippen molar-refractivity contribution in [2.75, 3.05) is 0 Å². The van der Waals surface area contributed by atoms with Crippen molar-refractivity contribution >= 4 is 7.28 Å². The molecule has 0 aromatic rings. The highest BCUT2D eigenvalue weighted by molar-refractivity contribution is 6.33. The van der Waals surface area contributed by atoms with Crippen LogP contribution in [0.25, 0.3) is 0 Å². The Morgan fingerprint density at radius 2 is 1.67 bits per heavy atom. The summed E-state index contributed by atoms with van der Waals surface area (Å²) in [5.74, 6) is 1.88. The average Bonchev–Trinajstić information content (AvgIpc) is 2.10. The van der Waals surface area contributed by atoms with Gasteiger partial charge in [-0.3, -0.25) is 0 Å². The molecule has 0 rings (SSSR count). The zero-order valence-corrected chi connectivity index (χ0v) is 9.40. The summed E-state index contributed by atoms with van der Waals surface area (Å²) in [6.07, 6.45) is 7.04. The molecule has 0 heterocycles. The van der Waals surface area contributed by atoms with Gasteiger partial charge in [0.05, 0.1) is 0 Å². The summed E-state index contributed by atoms with van der Waals surface area (Å²) < 4.78 is 0. The predicted octanol–water partition coefficient (Wildman–Crippen LogP) is 3.74. The van der Waals surface area contributed by atoms with Gasteiger partial charge in [0.2, 0.25) is 0 Å². The van der Waals surface area contributed by atoms with Crippen molar-refractivity contribution in [1.82, 2.24) is 0 Å². The minimum atomic E-state index is 0.941. The molecule has 0 saturated heterocycles. The van der Waals surface area contributed by atoms with Crippen molar-refractivity contribution in [2.45, 2.75) is 59.6 Å². The first-order chi connectivity index (χ1) is 5.72. The van der Waals surface area contributed by atoms with E-state index >= 15 is 0 Å². The van der Waals surface area contributed by atoms with Crippen molar-refractivity contribution in [3.05, 3.63) is 0 Å². The molecule has 0 nitrogen and oxygen atoms in total. The number of rotatable bonds is 7. The lowest BCUT2D eigenvalue weighted by atomic mass is 9.73. The summed E-state index contributed by atoms with van der Waals surface area (Å²) in [5, 5.41) is 0. The second-order valence-electron chi connectivity index (χ2n) is 4.24. The van der Waals surface area contributed by atoms with Gasteiger partial charge in [0.25, 0.3) is 0 Å². The average molecular weight is 168 g/mol. The molecule has 0 aliphatic carbocycles. The predicted molar refractivity (Wildman–Crippen MR) is 60.3 cm³/mol. The monoisotopic (exact) mass is 168 g/mol. The third-order valence-electron chi connectivity index (χ3n) is 3.00. The summed E-state index contributed by atoms with van der Waals surface area (Å²) in [6, 6.07) is 0. The van der Waals surface area contributed by atoms with Crippen LogP contribution >= 0.6 is 0 Å². The fourth-order valence-electron chi connectivity index (χ4n) is 1.62. The first-order valence-corrected chi connectivity index (χ1v) is 5.72. The smallest absolute Gasteiger partial charge is 0.0893 e. The Morgan fingerprint density at radius 3 is 2.17 bits per heavy atom. The summed E-state index contributed by atoms with van der Waals surface area (Å²) in [6.45, 7) is 9.39. The van der Waals surface area contributed by atoms with Crippen molar-refractivity contribution in [3.8, 4) is 0 Å². The third-order valence-corrected chi connectivity index (χ3v) is 3.00. The lowest BCUT2D eigenvalue weighted by Gasteiger charge is -2.19. The molecule has 2 atom stereocenters. The number of hydrogen-bond donors (Lipinski definition) is 0. The van der Waals surface area contributed by atoms with Gasteiger partial charge in [0, 0.05) is 0 Å². The third kappa shape index (κ3) is 5.68. The Hall–Kier alpha value is 0.0649. The molecule has 0 radical (unpaired) electrons. The quantitative estimate of drug-likeness (QED) is 0.508. The molecular weight excluding hydrogens is 143 g/mol. The number of hydrogen-bond acceptors (Lipinski definition) is 0. The van der Waals surface area contributed by atoms with E-state index in [0.717, 1.165) is 11.8 Å². The lowest BCUT2D eigenvalue weighted by Crippen LogP contribution is -2.08. The summed E-state index contributed by atoms with van der Waals surface area (Å²) in [5.41, 5.74) is 0. The maximum absolute atomic E-state index is 2.41. The van der Waals surface area contributed by atoms with E-state index in [-0.39, 0.29) is 0 Å². The van der Waals surface area contributed by atoms with E-state index in [1.807, 2.05) is 0 Å². The van der Waals surface area contributed by atoms with E-state index < -0.39 is 0 Å². The van der Waals surface area contributed by atoms with E-state index in [2.05, 4.69) is 27.6 Å². The van der Waals surface area contributed by atoms with Gasteiger partial charge in [-0.25, -0.2) is 0 Å². The molecule has 0 amide bonds. The molecular formula is C11H25B. The van der Waals surface area contributed by atoms with Gasteiger partial charge in [-0.2, -0.15) is 0 Å². The van der Waals surface area contributed by atoms with Gasteiger partial charge in [-0.05, 0) is 11.8 Å². The molecule has 0 aromatic heterocycles. The Bertz CT molecular complexity index is 79.0. The van der Waals surface area contributed by atoms with E-state index in [9.17, 15) is 0 Å². The molecule has 12 heavy (non-hydrogen) atoms. The van der Waals surface area contributed by atoms with E-state index in [1.165, 1.54) is 39.3 Å². The van der Waals surface area contributed by atoms with E-state index in [0.29, 0.717) is 0 Å². The Balaban J connectivity index is 3.39. The molecule has 0 bridgehead atoms. The second-order valence-corrected chi connectivity index (χ2v) is 4.24. The fraction of sp³-hybridized carbons (Fsp3) is 1.00. The normalized spacial score (nSPS) is 15.7.